The van der Waals surface area contributed by atoms with Gasteiger partial charge in [-0.05, 0) is 12.5 Å². The lowest BCUT2D eigenvalue weighted by Gasteiger charge is -2.03. The highest BCUT2D eigenvalue weighted by Crippen LogP contribution is 2.11. The number of aryl methyl sites for hydroxylation is 1. The zero-order chi connectivity index (χ0) is 12.8. The molecule has 2 N–H and O–H groups in total. The second kappa shape index (κ2) is 5.76. The van der Waals surface area contributed by atoms with Gasteiger partial charge >= 0.3 is 0 Å². The Balaban J connectivity index is 1.75. The minimum Gasteiger partial charge on any atom is -0.370 e. The number of aromatic amines is 1. The third-order valence-corrected chi connectivity index (χ3v) is 2.41. The van der Waals surface area contributed by atoms with Gasteiger partial charge < -0.3 is 10.3 Å². The summed E-state index contributed by atoms with van der Waals surface area (Å²) in [6.45, 7) is 0.742. The highest BCUT2D eigenvalue weighted by Gasteiger charge is 2.04. The molecule has 0 unspecified atom stereocenters. The Morgan fingerprint density at radius 3 is 2.89 bits per heavy atom. The van der Waals surface area contributed by atoms with Crippen molar-refractivity contribution in [1.29, 1.82) is 0 Å². The van der Waals surface area contributed by atoms with E-state index in [4.69, 9.17) is 0 Å². The molecule has 18 heavy (non-hydrogen) atoms. The van der Waals surface area contributed by atoms with Gasteiger partial charge in [-0.3, -0.25) is 10.1 Å². The molecule has 0 bridgehead atoms. The lowest BCUT2D eigenvalue weighted by atomic mass is 10.3. The second-order valence-electron chi connectivity index (χ2n) is 3.72. The molecule has 0 aliphatic heterocycles. The summed E-state index contributed by atoms with van der Waals surface area (Å²) in [4.78, 5) is 21.1. The van der Waals surface area contributed by atoms with E-state index in [2.05, 4.69) is 20.3 Å². The van der Waals surface area contributed by atoms with Crippen LogP contribution in [0.25, 0.3) is 0 Å². The van der Waals surface area contributed by atoms with E-state index in [1.54, 1.807) is 18.5 Å². The first-order valence-electron chi connectivity index (χ1n) is 5.58. The van der Waals surface area contributed by atoms with Crippen molar-refractivity contribution in [3.8, 4) is 0 Å². The molecule has 0 aliphatic carbocycles. The van der Waals surface area contributed by atoms with Gasteiger partial charge in [-0.1, -0.05) is 0 Å². The van der Waals surface area contributed by atoms with Crippen LogP contribution in [0.3, 0.4) is 0 Å². The van der Waals surface area contributed by atoms with E-state index < -0.39 is 4.92 Å². The number of aromatic nitrogens is 3. The molecule has 0 atom stereocenters. The zero-order valence-electron chi connectivity index (χ0n) is 9.67. The van der Waals surface area contributed by atoms with Crippen molar-refractivity contribution in [3.63, 3.8) is 0 Å². The molecular formula is C11H13N5O2. The van der Waals surface area contributed by atoms with E-state index in [1.165, 1.54) is 12.3 Å². The van der Waals surface area contributed by atoms with Crippen LogP contribution in [0.2, 0.25) is 0 Å². The van der Waals surface area contributed by atoms with E-state index >= 15 is 0 Å². The van der Waals surface area contributed by atoms with Gasteiger partial charge in [-0.2, -0.15) is 0 Å². The topological polar surface area (TPSA) is 96.7 Å². The number of nitro groups is 1. The first kappa shape index (κ1) is 12.0. The van der Waals surface area contributed by atoms with Crippen molar-refractivity contribution < 1.29 is 4.92 Å². The molecule has 0 amide bonds. The van der Waals surface area contributed by atoms with E-state index in [0.717, 1.165) is 25.2 Å². The summed E-state index contributed by atoms with van der Waals surface area (Å²) in [6, 6.07) is 3.03. The Kier molecular flexibility index (Phi) is 3.85. The molecule has 2 rings (SSSR count). The molecule has 2 aromatic rings. The van der Waals surface area contributed by atoms with Crippen LogP contribution in [-0.2, 0) is 6.42 Å². The molecule has 7 heteroatoms. The summed E-state index contributed by atoms with van der Waals surface area (Å²) in [5, 5.41) is 13.5. The average molecular weight is 247 g/mol. The SMILES string of the molecule is O=[N+]([O-])c1ccc(NCCCc2ncc[nH]2)nc1. The minimum atomic E-state index is -0.465. The fourth-order valence-corrected chi connectivity index (χ4v) is 1.51. The quantitative estimate of drug-likeness (QED) is 0.460. The fraction of sp³-hybridized carbons (Fsp3) is 0.273. The van der Waals surface area contributed by atoms with Crippen molar-refractivity contribution in [2.24, 2.45) is 0 Å². The monoisotopic (exact) mass is 247 g/mol. The number of rotatable bonds is 6. The van der Waals surface area contributed by atoms with Crippen molar-refractivity contribution in [1.82, 2.24) is 15.0 Å². The minimum absolute atomic E-state index is 0.00358. The van der Waals surface area contributed by atoms with Crippen LogP contribution in [0.5, 0.6) is 0 Å². The number of nitrogens with zero attached hydrogens (tertiary/aromatic N) is 3. The van der Waals surface area contributed by atoms with Crippen LogP contribution >= 0.6 is 0 Å². The summed E-state index contributed by atoms with van der Waals surface area (Å²) in [6.07, 6.45) is 6.52. The Labute approximate surface area is 103 Å². The van der Waals surface area contributed by atoms with E-state index in [0.29, 0.717) is 5.82 Å². The molecule has 0 saturated heterocycles. The lowest BCUT2D eigenvalue weighted by Crippen LogP contribution is -2.05. The van der Waals surface area contributed by atoms with E-state index in [1.807, 2.05) is 0 Å². The van der Waals surface area contributed by atoms with Gasteiger partial charge in [0.2, 0.25) is 0 Å². The third kappa shape index (κ3) is 3.27. The van der Waals surface area contributed by atoms with Crippen molar-refractivity contribution in [3.05, 3.63) is 46.7 Å². The molecule has 0 saturated carbocycles. The predicted molar refractivity (Wildman–Crippen MR) is 66.3 cm³/mol. The number of H-pyrrole nitrogens is 1. The summed E-state index contributed by atoms with van der Waals surface area (Å²) in [7, 11) is 0. The second-order valence-corrected chi connectivity index (χ2v) is 3.72. The van der Waals surface area contributed by atoms with Crippen LogP contribution in [0.1, 0.15) is 12.2 Å². The van der Waals surface area contributed by atoms with Crippen LogP contribution in [0, 0.1) is 10.1 Å². The molecule has 2 heterocycles. The van der Waals surface area contributed by atoms with Gasteiger partial charge in [0, 0.05) is 31.4 Å². The predicted octanol–water partition coefficient (Wildman–Crippen LogP) is 1.76. The van der Waals surface area contributed by atoms with Crippen LogP contribution < -0.4 is 5.32 Å². The Morgan fingerprint density at radius 2 is 2.28 bits per heavy atom. The summed E-state index contributed by atoms with van der Waals surface area (Å²) in [5.41, 5.74) is -0.00358. The van der Waals surface area contributed by atoms with Gasteiger partial charge in [0.25, 0.3) is 5.69 Å². The molecule has 0 aliphatic rings. The van der Waals surface area contributed by atoms with Gasteiger partial charge in [0.15, 0.2) is 0 Å². The first-order valence-corrected chi connectivity index (χ1v) is 5.58. The zero-order valence-corrected chi connectivity index (χ0v) is 9.67. The highest BCUT2D eigenvalue weighted by atomic mass is 16.6. The molecule has 0 aromatic carbocycles. The summed E-state index contributed by atoms with van der Waals surface area (Å²) in [5.74, 6) is 1.59. The third-order valence-electron chi connectivity index (χ3n) is 2.41. The molecular weight excluding hydrogens is 234 g/mol. The van der Waals surface area contributed by atoms with Crippen LogP contribution in [-0.4, -0.2) is 26.4 Å². The van der Waals surface area contributed by atoms with Crippen molar-refractivity contribution in [2.45, 2.75) is 12.8 Å². The van der Waals surface area contributed by atoms with Crippen LogP contribution in [0.15, 0.2) is 30.7 Å². The normalized spacial score (nSPS) is 10.2. The molecule has 7 nitrogen and oxygen atoms in total. The number of imidazole rings is 1. The molecule has 0 fully saturated rings. The Bertz CT molecular complexity index is 495. The van der Waals surface area contributed by atoms with Crippen molar-refractivity contribution >= 4 is 11.5 Å². The fourth-order valence-electron chi connectivity index (χ4n) is 1.51. The number of hydrogen-bond acceptors (Lipinski definition) is 5. The number of anilines is 1. The standard InChI is InChI=1S/C11H13N5O2/c17-16(18)9-3-4-11(15-8-9)12-5-1-2-10-13-6-7-14-10/h3-4,6-8H,1-2,5H2,(H,12,15)(H,13,14). The maximum atomic E-state index is 10.4. The van der Waals surface area contributed by atoms with Gasteiger partial charge in [-0.25, -0.2) is 9.97 Å². The molecule has 0 spiro atoms. The smallest absolute Gasteiger partial charge is 0.287 e. The maximum absolute atomic E-state index is 10.4. The van der Waals surface area contributed by atoms with Crippen LogP contribution in [0.4, 0.5) is 11.5 Å². The van der Waals surface area contributed by atoms with Crippen molar-refractivity contribution in [2.75, 3.05) is 11.9 Å². The van der Waals surface area contributed by atoms with Gasteiger partial charge in [0.05, 0.1) is 4.92 Å². The number of nitrogens with one attached hydrogen (secondary N) is 2. The molecule has 2 aromatic heterocycles. The maximum Gasteiger partial charge on any atom is 0.287 e. The first-order chi connectivity index (χ1) is 8.75. The largest absolute Gasteiger partial charge is 0.370 e. The summed E-state index contributed by atoms with van der Waals surface area (Å²) < 4.78 is 0. The van der Waals surface area contributed by atoms with Gasteiger partial charge in [0.1, 0.15) is 17.8 Å². The molecule has 94 valence electrons. The Hall–Kier alpha value is -2.44. The number of pyridine rings is 1. The van der Waals surface area contributed by atoms with Gasteiger partial charge in [-0.15, -0.1) is 0 Å². The highest BCUT2D eigenvalue weighted by molar-refractivity contribution is 5.39. The molecule has 0 radical (unpaired) electrons. The van der Waals surface area contributed by atoms with E-state index in [9.17, 15) is 10.1 Å². The average Bonchev–Trinajstić information content (AvgIpc) is 2.88. The number of hydrogen-bond donors (Lipinski definition) is 2. The van der Waals surface area contributed by atoms with E-state index in [-0.39, 0.29) is 5.69 Å². The lowest BCUT2D eigenvalue weighted by molar-refractivity contribution is -0.385. The Morgan fingerprint density at radius 1 is 1.39 bits per heavy atom. The summed E-state index contributed by atoms with van der Waals surface area (Å²) >= 11 is 0.